The van der Waals surface area contributed by atoms with Crippen molar-refractivity contribution >= 4 is 29.9 Å². The molecule has 1 fully saturated rings. The number of rotatable bonds is 8. The molecule has 1 aliphatic rings. The van der Waals surface area contributed by atoms with Gasteiger partial charge < -0.3 is 10.6 Å². The summed E-state index contributed by atoms with van der Waals surface area (Å²) in [7, 11) is 1.84. The third-order valence-electron chi connectivity index (χ3n) is 5.37. The van der Waals surface area contributed by atoms with E-state index in [2.05, 4.69) is 63.8 Å². The predicted octanol–water partition coefficient (Wildman–Crippen LogP) is 3.83. The van der Waals surface area contributed by atoms with Gasteiger partial charge in [-0.2, -0.15) is 5.10 Å². The summed E-state index contributed by atoms with van der Waals surface area (Å²) in [5.41, 5.74) is 2.91. The molecule has 154 valence electrons. The van der Waals surface area contributed by atoms with E-state index in [0.29, 0.717) is 5.41 Å². The van der Waals surface area contributed by atoms with Gasteiger partial charge in [0.2, 0.25) is 0 Å². The van der Waals surface area contributed by atoms with Crippen molar-refractivity contribution in [3.8, 4) is 0 Å². The van der Waals surface area contributed by atoms with E-state index in [1.54, 1.807) is 12.7 Å². The van der Waals surface area contributed by atoms with Gasteiger partial charge in [0, 0.05) is 20.1 Å². The van der Waals surface area contributed by atoms with Gasteiger partial charge in [-0.1, -0.05) is 44.5 Å². The number of hydrogen-bond acceptors (Lipinski definition) is 3. The lowest BCUT2D eigenvalue weighted by Crippen LogP contribution is -2.46. The van der Waals surface area contributed by atoms with Crippen LogP contribution in [-0.2, 0) is 13.1 Å². The summed E-state index contributed by atoms with van der Waals surface area (Å²) in [5.74, 6) is 1.63. The SMILES string of the molecule is CN=C(NCc1cccc(Cn2cncn2)c1)NCC1(CC(C)C)CCC1.I. The van der Waals surface area contributed by atoms with Gasteiger partial charge in [0.25, 0.3) is 0 Å². The van der Waals surface area contributed by atoms with E-state index in [0.717, 1.165) is 31.5 Å². The highest BCUT2D eigenvalue weighted by Gasteiger charge is 2.37. The van der Waals surface area contributed by atoms with Gasteiger partial charge in [-0.05, 0) is 41.7 Å². The zero-order chi connectivity index (χ0) is 19.1. The quantitative estimate of drug-likeness (QED) is 0.331. The van der Waals surface area contributed by atoms with Gasteiger partial charge in [0.05, 0.1) is 6.54 Å². The van der Waals surface area contributed by atoms with E-state index in [1.165, 1.54) is 36.8 Å². The molecule has 6 nitrogen and oxygen atoms in total. The molecular formula is C21H33IN6. The van der Waals surface area contributed by atoms with Gasteiger partial charge in [0.15, 0.2) is 5.96 Å². The second-order valence-corrected chi connectivity index (χ2v) is 8.14. The molecule has 1 aromatic heterocycles. The highest BCUT2D eigenvalue weighted by atomic mass is 127. The number of halogens is 1. The monoisotopic (exact) mass is 496 g/mol. The van der Waals surface area contributed by atoms with Crippen molar-refractivity contribution in [1.29, 1.82) is 0 Å². The van der Waals surface area contributed by atoms with Crippen LogP contribution in [0.1, 0.15) is 50.7 Å². The minimum atomic E-state index is 0. The normalized spacial score (nSPS) is 15.6. The molecule has 28 heavy (non-hydrogen) atoms. The lowest BCUT2D eigenvalue weighted by molar-refractivity contribution is 0.104. The summed E-state index contributed by atoms with van der Waals surface area (Å²) in [6.45, 7) is 7.14. The summed E-state index contributed by atoms with van der Waals surface area (Å²) in [4.78, 5) is 8.40. The molecule has 0 radical (unpaired) electrons. The molecule has 0 amide bonds. The lowest BCUT2D eigenvalue weighted by Gasteiger charge is -2.43. The molecule has 2 aromatic rings. The van der Waals surface area contributed by atoms with Crippen LogP contribution in [0.25, 0.3) is 0 Å². The summed E-state index contributed by atoms with van der Waals surface area (Å²) in [6.07, 6.45) is 8.62. The molecule has 1 saturated carbocycles. The Bertz CT molecular complexity index is 737. The fourth-order valence-corrected chi connectivity index (χ4v) is 4.01. The molecular weight excluding hydrogens is 463 g/mol. The zero-order valence-electron chi connectivity index (χ0n) is 17.2. The number of aromatic nitrogens is 3. The first-order valence-electron chi connectivity index (χ1n) is 9.93. The summed E-state index contributed by atoms with van der Waals surface area (Å²) in [5, 5.41) is 11.2. The second kappa shape index (κ2) is 10.8. The van der Waals surface area contributed by atoms with Crippen molar-refractivity contribution in [3.05, 3.63) is 48.0 Å². The maximum absolute atomic E-state index is 4.40. The molecule has 0 bridgehead atoms. The summed E-state index contributed by atoms with van der Waals surface area (Å²) >= 11 is 0. The van der Waals surface area contributed by atoms with Crippen LogP contribution in [0.4, 0.5) is 0 Å². The van der Waals surface area contributed by atoms with E-state index in [-0.39, 0.29) is 24.0 Å². The van der Waals surface area contributed by atoms with Crippen LogP contribution < -0.4 is 10.6 Å². The maximum atomic E-state index is 4.40. The fourth-order valence-electron chi connectivity index (χ4n) is 4.01. The zero-order valence-corrected chi connectivity index (χ0v) is 19.5. The molecule has 0 aliphatic heterocycles. The fraction of sp³-hybridized carbons (Fsp3) is 0.571. The number of nitrogens with zero attached hydrogens (tertiary/aromatic N) is 4. The van der Waals surface area contributed by atoms with Crippen LogP contribution in [0, 0.1) is 11.3 Å². The Kier molecular flexibility index (Phi) is 8.72. The average Bonchev–Trinajstić information content (AvgIpc) is 3.12. The van der Waals surface area contributed by atoms with Crippen molar-refractivity contribution in [2.24, 2.45) is 16.3 Å². The van der Waals surface area contributed by atoms with Crippen LogP contribution in [0.15, 0.2) is 41.9 Å². The van der Waals surface area contributed by atoms with Gasteiger partial charge in [-0.25, -0.2) is 9.67 Å². The smallest absolute Gasteiger partial charge is 0.191 e. The topological polar surface area (TPSA) is 67.1 Å². The standard InChI is InChI=1S/C21H32N6.HI/c1-17(2)11-21(8-5-9-21)14-25-20(22-3)24-12-18-6-4-7-19(10-18)13-27-16-23-15-26-27;/h4,6-7,10,15-17H,5,8-9,11-14H2,1-3H3,(H2,22,24,25);1H. The summed E-state index contributed by atoms with van der Waals surface area (Å²) in [6, 6.07) is 8.54. The van der Waals surface area contributed by atoms with E-state index in [9.17, 15) is 0 Å². The van der Waals surface area contributed by atoms with Gasteiger partial charge in [-0.3, -0.25) is 4.99 Å². The van der Waals surface area contributed by atoms with Crippen molar-refractivity contribution in [3.63, 3.8) is 0 Å². The Morgan fingerprint density at radius 1 is 1.25 bits per heavy atom. The van der Waals surface area contributed by atoms with Gasteiger partial charge in [-0.15, -0.1) is 24.0 Å². The Balaban J connectivity index is 0.00000280. The minimum absolute atomic E-state index is 0. The van der Waals surface area contributed by atoms with Crippen LogP contribution in [0.5, 0.6) is 0 Å². The molecule has 7 heteroatoms. The largest absolute Gasteiger partial charge is 0.356 e. The Morgan fingerprint density at radius 2 is 2.04 bits per heavy atom. The molecule has 0 unspecified atom stereocenters. The molecule has 2 N–H and O–H groups in total. The first-order chi connectivity index (χ1) is 13.1. The molecule has 1 aliphatic carbocycles. The lowest BCUT2D eigenvalue weighted by atomic mass is 9.64. The summed E-state index contributed by atoms with van der Waals surface area (Å²) < 4.78 is 1.83. The molecule has 3 rings (SSSR count). The maximum Gasteiger partial charge on any atom is 0.191 e. The molecule has 0 spiro atoms. The third-order valence-corrected chi connectivity index (χ3v) is 5.37. The Hall–Kier alpha value is -1.64. The molecule has 0 saturated heterocycles. The minimum Gasteiger partial charge on any atom is -0.356 e. The van der Waals surface area contributed by atoms with Gasteiger partial charge >= 0.3 is 0 Å². The average molecular weight is 496 g/mol. The first-order valence-corrected chi connectivity index (χ1v) is 9.93. The van der Waals surface area contributed by atoms with Crippen LogP contribution in [-0.4, -0.2) is 34.3 Å². The Labute approximate surface area is 185 Å². The van der Waals surface area contributed by atoms with Crippen LogP contribution in [0.2, 0.25) is 0 Å². The first kappa shape index (κ1) is 22.6. The van der Waals surface area contributed by atoms with Crippen molar-refractivity contribution in [1.82, 2.24) is 25.4 Å². The molecule has 1 heterocycles. The number of hydrogen-bond donors (Lipinski definition) is 2. The van der Waals surface area contributed by atoms with E-state index >= 15 is 0 Å². The van der Waals surface area contributed by atoms with Crippen molar-refractivity contribution in [2.45, 2.75) is 52.6 Å². The van der Waals surface area contributed by atoms with Crippen LogP contribution >= 0.6 is 24.0 Å². The van der Waals surface area contributed by atoms with E-state index in [4.69, 9.17) is 0 Å². The Morgan fingerprint density at radius 3 is 2.64 bits per heavy atom. The molecule has 0 atom stereocenters. The van der Waals surface area contributed by atoms with E-state index in [1.807, 2.05) is 11.7 Å². The van der Waals surface area contributed by atoms with Crippen molar-refractivity contribution < 1.29 is 0 Å². The second-order valence-electron chi connectivity index (χ2n) is 8.14. The number of aliphatic imine (C=N–C) groups is 1. The third kappa shape index (κ3) is 6.46. The number of guanidine groups is 1. The highest BCUT2D eigenvalue weighted by Crippen LogP contribution is 2.45. The van der Waals surface area contributed by atoms with Crippen molar-refractivity contribution in [2.75, 3.05) is 13.6 Å². The predicted molar refractivity (Wildman–Crippen MR) is 125 cm³/mol. The number of nitrogens with one attached hydrogen (secondary N) is 2. The number of benzene rings is 1. The van der Waals surface area contributed by atoms with E-state index < -0.39 is 0 Å². The molecule has 1 aromatic carbocycles. The van der Waals surface area contributed by atoms with Crippen LogP contribution in [0.3, 0.4) is 0 Å². The van der Waals surface area contributed by atoms with Gasteiger partial charge in [0.1, 0.15) is 12.7 Å². The highest BCUT2D eigenvalue weighted by molar-refractivity contribution is 14.0.